The highest BCUT2D eigenvalue weighted by Gasteiger charge is 2.29. The largest absolute Gasteiger partial charge is 0.323 e. The molecule has 3 rings (SSSR count). The summed E-state index contributed by atoms with van der Waals surface area (Å²) >= 11 is 8.79. The van der Waals surface area contributed by atoms with Crippen molar-refractivity contribution in [3.05, 3.63) is 27.6 Å². The first-order chi connectivity index (χ1) is 10.1. The van der Waals surface area contributed by atoms with Gasteiger partial charge in [0.25, 0.3) is 0 Å². The zero-order chi connectivity index (χ0) is 15.0. The molecule has 1 fully saturated rings. The molecule has 0 radical (unpaired) electrons. The summed E-state index contributed by atoms with van der Waals surface area (Å²) in [6.45, 7) is 4.35. The van der Waals surface area contributed by atoms with Crippen LogP contribution >= 0.6 is 34.2 Å². The lowest BCUT2D eigenvalue weighted by atomic mass is 9.82. The van der Waals surface area contributed by atoms with Gasteiger partial charge in [0.1, 0.15) is 5.82 Å². The second-order valence-electron chi connectivity index (χ2n) is 6.11. The van der Waals surface area contributed by atoms with Gasteiger partial charge in [0, 0.05) is 9.61 Å². The lowest BCUT2D eigenvalue weighted by Crippen LogP contribution is -2.24. The molecule has 0 amide bonds. The van der Waals surface area contributed by atoms with E-state index in [1.165, 1.54) is 41.2 Å². The summed E-state index contributed by atoms with van der Waals surface area (Å²) in [6.07, 6.45) is 6.52. The lowest BCUT2D eigenvalue weighted by molar-refractivity contribution is 0.233. The predicted molar refractivity (Wildman–Crippen MR) is 98.0 cm³/mol. The van der Waals surface area contributed by atoms with Gasteiger partial charge in [-0.25, -0.2) is 4.98 Å². The van der Waals surface area contributed by atoms with E-state index in [-0.39, 0.29) is 5.38 Å². The zero-order valence-electron chi connectivity index (χ0n) is 12.6. The minimum atomic E-state index is -0.0468. The molecule has 3 atom stereocenters. The second-order valence-corrected chi connectivity index (χ2v) is 8.01. The molecule has 0 saturated heterocycles. The Labute approximate surface area is 145 Å². The average molecular weight is 417 g/mol. The Hall–Kier alpha value is -0.290. The Morgan fingerprint density at radius 2 is 2.14 bits per heavy atom. The van der Waals surface area contributed by atoms with Gasteiger partial charge in [-0.15, -0.1) is 11.6 Å². The molecule has 1 saturated carbocycles. The minimum absolute atomic E-state index is 0.0468. The first kappa shape index (κ1) is 15.6. The lowest BCUT2D eigenvalue weighted by Gasteiger charge is -2.33. The van der Waals surface area contributed by atoms with Gasteiger partial charge in [-0.1, -0.05) is 26.2 Å². The Kier molecular flexibility index (Phi) is 4.79. The Bertz CT molecular complexity index is 635. The fourth-order valence-corrected chi connectivity index (χ4v) is 4.35. The monoisotopic (exact) mass is 416 g/mol. The average Bonchev–Trinajstić information content (AvgIpc) is 2.85. The molecule has 1 aliphatic rings. The van der Waals surface area contributed by atoms with Crippen LogP contribution in [0.3, 0.4) is 0 Å². The molecule has 114 valence electrons. The van der Waals surface area contributed by atoms with Crippen LogP contribution in [0, 0.1) is 9.49 Å². The van der Waals surface area contributed by atoms with Crippen LogP contribution in [-0.4, -0.2) is 9.55 Å². The van der Waals surface area contributed by atoms with E-state index >= 15 is 0 Å². The molecule has 1 aromatic heterocycles. The normalized spacial score (nSPS) is 24.4. The Morgan fingerprint density at radius 1 is 1.38 bits per heavy atom. The van der Waals surface area contributed by atoms with Crippen LogP contribution in [0.1, 0.15) is 63.2 Å². The van der Waals surface area contributed by atoms with Crippen molar-refractivity contribution in [1.82, 2.24) is 9.55 Å². The van der Waals surface area contributed by atoms with E-state index in [0.717, 1.165) is 17.3 Å². The Morgan fingerprint density at radius 3 is 2.86 bits per heavy atom. The molecule has 1 heterocycles. The molecule has 0 aliphatic heterocycles. The molecule has 2 aromatic rings. The van der Waals surface area contributed by atoms with Gasteiger partial charge in [0.15, 0.2) is 0 Å². The molecule has 0 N–H and O–H groups in total. The quantitative estimate of drug-likeness (QED) is 0.438. The van der Waals surface area contributed by atoms with Crippen LogP contribution in [0.5, 0.6) is 0 Å². The van der Waals surface area contributed by atoms with E-state index in [4.69, 9.17) is 16.6 Å². The zero-order valence-corrected chi connectivity index (χ0v) is 15.6. The maximum Gasteiger partial charge on any atom is 0.127 e. The van der Waals surface area contributed by atoms with Crippen molar-refractivity contribution in [2.45, 2.75) is 57.4 Å². The molecule has 1 aliphatic carbocycles. The number of rotatable bonds is 3. The van der Waals surface area contributed by atoms with Crippen molar-refractivity contribution in [3.8, 4) is 0 Å². The SMILES string of the molecule is CCC1CCCCC1n1c(C(C)Cl)nc2cc(I)ccc21. The van der Waals surface area contributed by atoms with E-state index in [2.05, 4.69) is 52.3 Å². The molecule has 3 unspecified atom stereocenters. The number of aromatic nitrogens is 2. The molecule has 4 heteroatoms. The van der Waals surface area contributed by atoms with E-state index in [0.29, 0.717) is 6.04 Å². The van der Waals surface area contributed by atoms with Crippen LogP contribution in [-0.2, 0) is 0 Å². The van der Waals surface area contributed by atoms with Crippen molar-refractivity contribution in [1.29, 1.82) is 0 Å². The highest BCUT2D eigenvalue weighted by molar-refractivity contribution is 14.1. The molecule has 0 spiro atoms. The second kappa shape index (κ2) is 6.45. The van der Waals surface area contributed by atoms with Crippen LogP contribution in [0.25, 0.3) is 11.0 Å². The molecular weight excluding hydrogens is 395 g/mol. The Balaban J connectivity index is 2.16. The third kappa shape index (κ3) is 2.96. The molecule has 0 bridgehead atoms. The molecular formula is C17H22ClIN2. The number of imidazole rings is 1. The summed E-state index contributed by atoms with van der Waals surface area (Å²) in [4.78, 5) is 4.84. The van der Waals surface area contributed by atoms with Gasteiger partial charge in [-0.3, -0.25) is 0 Å². The van der Waals surface area contributed by atoms with Crippen LogP contribution in [0.4, 0.5) is 0 Å². The van der Waals surface area contributed by atoms with Gasteiger partial charge in [-0.2, -0.15) is 0 Å². The third-order valence-electron chi connectivity index (χ3n) is 4.76. The number of alkyl halides is 1. The van der Waals surface area contributed by atoms with Crippen molar-refractivity contribution in [3.63, 3.8) is 0 Å². The topological polar surface area (TPSA) is 17.8 Å². The summed E-state index contributed by atoms with van der Waals surface area (Å²) in [5.41, 5.74) is 2.34. The van der Waals surface area contributed by atoms with Crippen LogP contribution < -0.4 is 0 Å². The maximum atomic E-state index is 6.44. The summed E-state index contributed by atoms with van der Waals surface area (Å²) in [5, 5.41) is -0.0468. The maximum absolute atomic E-state index is 6.44. The smallest absolute Gasteiger partial charge is 0.127 e. The number of nitrogens with zero attached hydrogens (tertiary/aromatic N) is 2. The minimum Gasteiger partial charge on any atom is -0.323 e. The van der Waals surface area contributed by atoms with Crippen LogP contribution in [0.2, 0.25) is 0 Å². The standard InChI is InChI=1S/C17H22ClIN2/c1-3-12-6-4-5-7-15(12)21-16-9-8-13(19)10-14(16)20-17(21)11(2)18/h8-12,15H,3-7H2,1-2H3. The molecule has 21 heavy (non-hydrogen) atoms. The van der Waals surface area contributed by atoms with Gasteiger partial charge < -0.3 is 4.57 Å². The van der Waals surface area contributed by atoms with Crippen LogP contribution in [0.15, 0.2) is 18.2 Å². The van der Waals surface area contributed by atoms with Gasteiger partial charge >= 0.3 is 0 Å². The molecule has 2 nitrogen and oxygen atoms in total. The van der Waals surface area contributed by atoms with Gasteiger partial charge in [0.05, 0.1) is 16.4 Å². The third-order valence-corrected chi connectivity index (χ3v) is 5.63. The van der Waals surface area contributed by atoms with E-state index < -0.39 is 0 Å². The predicted octanol–water partition coefficient (Wildman–Crippen LogP) is 6.08. The first-order valence-corrected chi connectivity index (χ1v) is 9.44. The highest BCUT2D eigenvalue weighted by Crippen LogP contribution is 2.40. The van der Waals surface area contributed by atoms with Gasteiger partial charge in [-0.05, 0) is 66.5 Å². The number of benzene rings is 1. The first-order valence-electron chi connectivity index (χ1n) is 7.93. The van der Waals surface area contributed by atoms with E-state index in [1.54, 1.807) is 0 Å². The number of halogens is 2. The number of hydrogen-bond donors (Lipinski definition) is 0. The summed E-state index contributed by atoms with van der Waals surface area (Å²) in [5.74, 6) is 1.80. The fourth-order valence-electron chi connectivity index (χ4n) is 3.72. The molecule has 1 aromatic carbocycles. The highest BCUT2D eigenvalue weighted by atomic mass is 127. The summed E-state index contributed by atoms with van der Waals surface area (Å²) < 4.78 is 3.69. The van der Waals surface area contributed by atoms with Crippen molar-refractivity contribution in [2.75, 3.05) is 0 Å². The summed E-state index contributed by atoms with van der Waals surface area (Å²) in [7, 11) is 0. The van der Waals surface area contributed by atoms with Crippen molar-refractivity contribution >= 4 is 45.2 Å². The fraction of sp³-hybridized carbons (Fsp3) is 0.588. The van der Waals surface area contributed by atoms with Gasteiger partial charge in [0.2, 0.25) is 0 Å². The van der Waals surface area contributed by atoms with E-state index in [1.807, 2.05) is 6.92 Å². The number of fused-ring (bicyclic) bond motifs is 1. The summed E-state index contributed by atoms with van der Waals surface area (Å²) in [6, 6.07) is 7.12. The number of hydrogen-bond acceptors (Lipinski definition) is 1. The van der Waals surface area contributed by atoms with Crippen molar-refractivity contribution in [2.24, 2.45) is 5.92 Å². The van der Waals surface area contributed by atoms with E-state index in [9.17, 15) is 0 Å². The van der Waals surface area contributed by atoms with Crippen molar-refractivity contribution < 1.29 is 0 Å².